The Kier molecular flexibility index (Phi) is 27.5. The molecule has 0 fully saturated rings. The number of hydrogen-bond donors (Lipinski definition) is 4. The van der Waals surface area contributed by atoms with Gasteiger partial charge in [0.2, 0.25) is 0 Å². The standard InChI is InChI=1S/C49H47N9O12S2.3Na/c1-30-22-38(54-58-48-46(72-70-68-63)26-33-25-37(10-18-42(33)49(48)61)52-29-66-39-12-4-34(5-13-39)50-27-64-21-20-47(59)60)11-19-43(30)55-57-45-24-31(2)44(23-32(45)3)56-53-36-6-14-40(15-7-36)65-28-51-35-8-16-41(17-9-35)71-69-67-62;;;/h4-19,22-26,50-52,61-63H,20-21,27-29H2,1-3H3,(H,59,60);;;/q;3*+1/p-3. The number of carbonyl (C=O) groups is 1. The predicted molar refractivity (Wildman–Crippen MR) is 263 cm³/mol. The minimum absolute atomic E-state index is 0. The summed E-state index contributed by atoms with van der Waals surface area (Å²) >= 11 is 1.39. The number of carboxylic acids is 1. The number of fused-ring (bicyclic) bond motifs is 1. The van der Waals surface area contributed by atoms with Gasteiger partial charge in [-0.15, -0.1) is 5.11 Å². The fourth-order valence-electron chi connectivity index (χ4n) is 6.54. The zero-order chi connectivity index (χ0) is 50.7. The molecule has 26 heteroatoms. The Morgan fingerprint density at radius 3 is 1.71 bits per heavy atom. The summed E-state index contributed by atoms with van der Waals surface area (Å²) in [5, 5.41) is 86.7. The molecule has 7 rings (SSSR count). The molecule has 0 saturated heterocycles. The van der Waals surface area contributed by atoms with Gasteiger partial charge in [0, 0.05) is 39.7 Å². The first kappa shape index (κ1) is 62.8. The molecule has 372 valence electrons. The fraction of sp³-hybridized carbons (Fsp3) is 0.163. The number of aliphatic carboxylic acids is 1. The van der Waals surface area contributed by atoms with Crippen molar-refractivity contribution in [3.63, 3.8) is 0 Å². The van der Waals surface area contributed by atoms with Crippen LogP contribution in [0, 0.1) is 20.8 Å². The maximum absolute atomic E-state index is 11.4. The number of carbonyl (C=O) groups excluding carboxylic acids is 1. The molecule has 0 spiro atoms. The molecule has 7 aromatic carbocycles. The molecule has 75 heavy (non-hydrogen) atoms. The molecule has 0 unspecified atom stereocenters. The predicted octanol–water partition coefficient (Wildman–Crippen LogP) is 1.61. The van der Waals surface area contributed by atoms with Gasteiger partial charge < -0.3 is 55.7 Å². The number of hydrogen-bond acceptors (Lipinski definition) is 23. The van der Waals surface area contributed by atoms with E-state index in [1.54, 1.807) is 103 Å². The Hall–Kier alpha value is -4.71. The van der Waals surface area contributed by atoms with Crippen LogP contribution in [0.2, 0.25) is 0 Å². The third-order valence-corrected chi connectivity index (χ3v) is 11.5. The maximum atomic E-state index is 11.4. The van der Waals surface area contributed by atoms with Crippen molar-refractivity contribution < 1.29 is 147 Å². The van der Waals surface area contributed by atoms with Crippen LogP contribution in [0.3, 0.4) is 0 Å². The molecule has 0 aliphatic heterocycles. The molecular weight excluding hydrogens is 1040 g/mol. The summed E-state index contributed by atoms with van der Waals surface area (Å²) in [7, 11) is 0. The van der Waals surface area contributed by atoms with E-state index in [-0.39, 0.29) is 138 Å². The van der Waals surface area contributed by atoms with Gasteiger partial charge >= 0.3 is 88.7 Å². The molecule has 0 amide bonds. The van der Waals surface area contributed by atoms with Gasteiger partial charge in [0.05, 0.1) is 64.0 Å². The van der Waals surface area contributed by atoms with E-state index >= 15 is 0 Å². The Morgan fingerprint density at radius 2 is 1.08 bits per heavy atom. The second-order valence-corrected chi connectivity index (χ2v) is 16.8. The zero-order valence-electron chi connectivity index (χ0n) is 41.6. The molecule has 0 bridgehead atoms. The van der Waals surface area contributed by atoms with E-state index in [1.165, 1.54) is 0 Å². The quantitative estimate of drug-likeness (QED) is 0.0114. The van der Waals surface area contributed by atoms with Gasteiger partial charge in [-0.3, -0.25) is 10.1 Å². The van der Waals surface area contributed by atoms with Crippen molar-refractivity contribution in [1.29, 1.82) is 0 Å². The number of phenolic OH excluding ortho intramolecular Hbond substituents is 1. The number of ether oxygens (including phenoxy) is 3. The first-order valence-electron chi connectivity index (χ1n) is 21.6. The minimum Gasteiger partial charge on any atom is -0.691 e. The van der Waals surface area contributed by atoms with Crippen LogP contribution in [0.4, 0.5) is 51.2 Å². The number of azo groups is 3. The Labute approximate surface area is 505 Å². The number of phenols is 1. The summed E-state index contributed by atoms with van der Waals surface area (Å²) in [6, 6.07) is 37.5. The first-order chi connectivity index (χ1) is 35.0. The monoisotopic (exact) mass is 1080 g/mol. The summed E-state index contributed by atoms with van der Waals surface area (Å²) in [4.78, 5) is 11.5. The summed E-state index contributed by atoms with van der Waals surface area (Å²) in [5.41, 5.74) is 7.84. The largest absolute Gasteiger partial charge is 1.00 e. The van der Waals surface area contributed by atoms with Crippen molar-refractivity contribution in [3.8, 4) is 17.2 Å². The van der Waals surface area contributed by atoms with Gasteiger partial charge in [-0.2, -0.15) is 34.2 Å². The number of aryl methyl sites for hydroxylation is 3. The number of anilines is 3. The van der Waals surface area contributed by atoms with Crippen molar-refractivity contribution >= 4 is 92.0 Å². The smallest absolute Gasteiger partial charge is 0.691 e. The molecule has 0 radical (unpaired) electrons. The molecule has 0 heterocycles. The van der Waals surface area contributed by atoms with Gasteiger partial charge in [-0.05, 0) is 170 Å². The second kappa shape index (κ2) is 32.8. The van der Waals surface area contributed by atoms with E-state index in [9.17, 15) is 25.5 Å². The molecule has 0 saturated carbocycles. The molecule has 7 aromatic rings. The van der Waals surface area contributed by atoms with Crippen LogP contribution >= 0.6 is 24.1 Å². The van der Waals surface area contributed by atoms with E-state index in [0.29, 0.717) is 73.3 Å². The van der Waals surface area contributed by atoms with Crippen LogP contribution in [0.1, 0.15) is 23.1 Å². The molecule has 0 aromatic heterocycles. The average Bonchev–Trinajstić information content (AvgIpc) is 3.38. The van der Waals surface area contributed by atoms with Gasteiger partial charge in [-0.1, -0.05) is 0 Å². The van der Waals surface area contributed by atoms with Crippen LogP contribution in [-0.4, -0.2) is 37.9 Å². The van der Waals surface area contributed by atoms with Gasteiger partial charge in [0.1, 0.15) is 23.9 Å². The molecule has 4 N–H and O–H groups in total. The third-order valence-electron chi connectivity index (χ3n) is 10.3. The SMILES string of the molecule is Cc1cc(N=Nc2ccc(N=Nc3c(SOO[O-])cc4cc(NCOc5ccc(NCOCCC(=O)[O-])cc5)ccc4c3O)cc2C)c(C)cc1N=Nc1ccc(OCNc2ccc(SOO[O-])cc2)cc1.[Na+].[Na+].[Na+]. The van der Waals surface area contributed by atoms with Crippen molar-refractivity contribution in [2.75, 3.05) is 42.7 Å². The molecule has 21 nitrogen and oxygen atoms in total. The molecule has 0 aliphatic carbocycles. The maximum Gasteiger partial charge on any atom is 1.00 e. The number of benzene rings is 7. The summed E-state index contributed by atoms with van der Waals surface area (Å²) in [5.74, 6) is -0.126. The number of aromatic hydroxyl groups is 1. The molecule has 0 atom stereocenters. The van der Waals surface area contributed by atoms with E-state index in [0.717, 1.165) is 40.1 Å². The Balaban J connectivity index is 0.00000406. The van der Waals surface area contributed by atoms with Crippen molar-refractivity contribution in [2.45, 2.75) is 37.0 Å². The van der Waals surface area contributed by atoms with Crippen LogP contribution in [0.25, 0.3) is 10.8 Å². The number of rotatable bonds is 26. The van der Waals surface area contributed by atoms with Crippen LogP contribution in [0.15, 0.2) is 168 Å². The fourth-order valence-corrected chi connectivity index (χ4v) is 7.39. The first-order valence-corrected chi connectivity index (χ1v) is 23.1. The summed E-state index contributed by atoms with van der Waals surface area (Å²) in [6.07, 6.45) is -0.181. The van der Waals surface area contributed by atoms with Crippen molar-refractivity contribution in [2.24, 2.45) is 30.7 Å². The average molecular weight is 1080 g/mol. The van der Waals surface area contributed by atoms with Crippen LogP contribution in [0.5, 0.6) is 17.2 Å². The van der Waals surface area contributed by atoms with Gasteiger partial charge in [0.25, 0.3) is 0 Å². The van der Waals surface area contributed by atoms with Gasteiger partial charge in [0.15, 0.2) is 19.2 Å². The minimum atomic E-state index is -1.17. The molecular formula is C49H44N9Na3O12S2. The summed E-state index contributed by atoms with van der Waals surface area (Å²) < 4.78 is 25.8. The van der Waals surface area contributed by atoms with Gasteiger partial charge in [-0.25, -0.2) is 0 Å². The number of nitrogens with zero attached hydrogens (tertiary/aromatic N) is 6. The Bertz CT molecular complexity index is 3040. The third kappa shape index (κ3) is 19.7. The van der Waals surface area contributed by atoms with E-state index in [1.807, 2.05) is 45.0 Å². The second-order valence-electron chi connectivity index (χ2n) is 15.3. The van der Waals surface area contributed by atoms with Crippen molar-refractivity contribution in [3.05, 3.63) is 144 Å². The van der Waals surface area contributed by atoms with Crippen LogP contribution < -0.4 is 130 Å². The number of nitrogens with one attached hydrogen (secondary N) is 3. The van der Waals surface area contributed by atoms with E-state index in [4.69, 9.17) is 14.2 Å². The van der Waals surface area contributed by atoms with Crippen LogP contribution in [-0.2, 0) is 28.3 Å². The summed E-state index contributed by atoms with van der Waals surface area (Å²) in [6.45, 7) is 6.23. The Morgan fingerprint density at radius 1 is 0.560 bits per heavy atom. The topological polar surface area (TPSA) is 281 Å². The molecule has 0 aliphatic rings. The zero-order valence-corrected chi connectivity index (χ0v) is 49.2. The normalized spacial score (nSPS) is 11.1. The van der Waals surface area contributed by atoms with E-state index in [2.05, 4.69) is 65.4 Å². The van der Waals surface area contributed by atoms with Crippen molar-refractivity contribution in [1.82, 2.24) is 0 Å². The number of carboxylic acid groups (broad SMARTS) is 1. The van der Waals surface area contributed by atoms with E-state index < -0.39 is 5.97 Å².